The van der Waals surface area contributed by atoms with E-state index in [2.05, 4.69) is 29.2 Å². The van der Waals surface area contributed by atoms with Gasteiger partial charge in [0.2, 0.25) is 5.91 Å². The number of amides is 1. The molecule has 1 saturated heterocycles. The molecule has 36 heavy (non-hydrogen) atoms. The molecule has 1 amide bonds. The number of carbonyl (C=O) groups excluding carboxylic acids is 1. The Bertz CT molecular complexity index is 1190. The van der Waals surface area contributed by atoms with Gasteiger partial charge in [-0.25, -0.2) is 0 Å². The second-order valence-electron chi connectivity index (χ2n) is 9.26. The summed E-state index contributed by atoms with van der Waals surface area (Å²) in [6.07, 6.45) is 2.39. The summed E-state index contributed by atoms with van der Waals surface area (Å²) >= 11 is 24.6. The largest absolute Gasteiger partial charge is 0.365 e. The molecule has 3 aromatic rings. The van der Waals surface area contributed by atoms with E-state index in [-0.39, 0.29) is 18.5 Å². The van der Waals surface area contributed by atoms with E-state index in [1.807, 2.05) is 42.1 Å². The maximum atomic E-state index is 13.4. The number of likely N-dealkylation sites (tertiary alicyclic amines) is 1. The molecule has 1 aliphatic rings. The first kappa shape index (κ1) is 27.1. The minimum absolute atomic E-state index is 0.0264. The van der Waals surface area contributed by atoms with Crippen molar-refractivity contribution >= 4 is 58.0 Å². The third-order valence-corrected chi connectivity index (χ3v) is 7.87. The van der Waals surface area contributed by atoms with Crippen LogP contribution in [0, 0.1) is 0 Å². The summed E-state index contributed by atoms with van der Waals surface area (Å²) in [7, 11) is 3.77. The standard InChI is InChI=1S/C28H29Cl4N3O/c1-33(24-9-10-25(31)26(32)16-24)18-28(36)34(2)27(17-35-11-3-4-12-35)20-7-5-19(6-8-20)21-13-22(29)15-23(30)14-21/h5-10,13-16,27H,3-4,11-12,17-18H2,1-2H3. The molecule has 0 N–H and O–H groups in total. The molecule has 4 nitrogen and oxygen atoms in total. The van der Waals surface area contributed by atoms with Gasteiger partial charge in [0, 0.05) is 36.4 Å². The van der Waals surface area contributed by atoms with Crippen molar-refractivity contribution in [2.45, 2.75) is 18.9 Å². The van der Waals surface area contributed by atoms with E-state index in [0.717, 1.165) is 42.0 Å². The maximum absolute atomic E-state index is 13.4. The van der Waals surface area contributed by atoms with Crippen molar-refractivity contribution in [2.24, 2.45) is 0 Å². The fraction of sp³-hybridized carbons (Fsp3) is 0.321. The summed E-state index contributed by atoms with van der Waals surface area (Å²) in [4.78, 5) is 19.6. The number of hydrogen-bond acceptors (Lipinski definition) is 3. The van der Waals surface area contributed by atoms with Crippen molar-refractivity contribution < 1.29 is 4.79 Å². The van der Waals surface area contributed by atoms with Gasteiger partial charge in [0.05, 0.1) is 22.6 Å². The van der Waals surface area contributed by atoms with Gasteiger partial charge in [-0.3, -0.25) is 4.79 Å². The van der Waals surface area contributed by atoms with Gasteiger partial charge < -0.3 is 14.7 Å². The summed E-state index contributed by atoms with van der Waals surface area (Å²) in [5.74, 6) is 0.0264. The molecule has 8 heteroatoms. The Hall–Kier alpha value is -1.95. The zero-order chi connectivity index (χ0) is 25.8. The molecule has 0 radical (unpaired) electrons. The smallest absolute Gasteiger partial charge is 0.242 e. The second-order valence-corrected chi connectivity index (χ2v) is 11.0. The summed E-state index contributed by atoms with van der Waals surface area (Å²) in [5.41, 5.74) is 3.91. The van der Waals surface area contributed by atoms with Gasteiger partial charge >= 0.3 is 0 Å². The van der Waals surface area contributed by atoms with Crippen LogP contribution in [0.2, 0.25) is 20.1 Å². The van der Waals surface area contributed by atoms with Gasteiger partial charge in [-0.05, 0) is 79.0 Å². The van der Waals surface area contributed by atoms with Crippen molar-refractivity contribution in [1.29, 1.82) is 0 Å². The number of anilines is 1. The van der Waals surface area contributed by atoms with E-state index >= 15 is 0 Å². The van der Waals surface area contributed by atoms with Crippen LogP contribution in [-0.4, -0.2) is 56.0 Å². The number of rotatable bonds is 8. The molecule has 1 atom stereocenters. The van der Waals surface area contributed by atoms with Crippen LogP contribution < -0.4 is 4.90 Å². The lowest BCUT2D eigenvalue weighted by Gasteiger charge is -2.33. The third kappa shape index (κ3) is 6.67. The van der Waals surface area contributed by atoms with E-state index < -0.39 is 0 Å². The van der Waals surface area contributed by atoms with Gasteiger partial charge in [-0.15, -0.1) is 0 Å². The summed E-state index contributed by atoms with van der Waals surface area (Å²) in [6.45, 7) is 3.13. The van der Waals surface area contributed by atoms with Crippen LogP contribution in [0.15, 0.2) is 60.7 Å². The minimum atomic E-state index is -0.0743. The van der Waals surface area contributed by atoms with Crippen molar-refractivity contribution in [1.82, 2.24) is 9.80 Å². The summed E-state index contributed by atoms with van der Waals surface area (Å²) in [6, 6.07) is 19.2. The lowest BCUT2D eigenvalue weighted by molar-refractivity contribution is -0.131. The number of hydrogen-bond donors (Lipinski definition) is 0. The predicted molar refractivity (Wildman–Crippen MR) is 153 cm³/mol. The zero-order valence-electron chi connectivity index (χ0n) is 20.4. The number of carbonyl (C=O) groups is 1. The van der Waals surface area contributed by atoms with E-state index in [9.17, 15) is 4.79 Å². The zero-order valence-corrected chi connectivity index (χ0v) is 23.4. The van der Waals surface area contributed by atoms with Gasteiger partial charge in [-0.1, -0.05) is 70.7 Å². The molecule has 0 aromatic heterocycles. The topological polar surface area (TPSA) is 26.8 Å². The van der Waals surface area contributed by atoms with Crippen molar-refractivity contribution in [3.63, 3.8) is 0 Å². The van der Waals surface area contributed by atoms with E-state index in [0.29, 0.717) is 20.1 Å². The maximum Gasteiger partial charge on any atom is 0.242 e. The Labute approximate surface area is 233 Å². The first-order chi connectivity index (χ1) is 17.2. The van der Waals surface area contributed by atoms with Crippen molar-refractivity contribution in [3.05, 3.63) is 86.3 Å². The van der Waals surface area contributed by atoms with Crippen LogP contribution in [-0.2, 0) is 4.79 Å². The Balaban J connectivity index is 1.54. The number of halogens is 4. The fourth-order valence-corrected chi connectivity index (χ4v) is 5.40. The highest BCUT2D eigenvalue weighted by Crippen LogP contribution is 2.31. The first-order valence-electron chi connectivity index (χ1n) is 11.9. The molecule has 1 heterocycles. The molecule has 1 fully saturated rings. The monoisotopic (exact) mass is 563 g/mol. The lowest BCUT2D eigenvalue weighted by atomic mass is 9.99. The van der Waals surface area contributed by atoms with Crippen molar-refractivity contribution in [3.8, 4) is 11.1 Å². The van der Waals surface area contributed by atoms with Gasteiger partial charge in [0.25, 0.3) is 0 Å². The normalized spacial score (nSPS) is 14.6. The highest BCUT2D eigenvalue weighted by molar-refractivity contribution is 6.42. The van der Waals surface area contributed by atoms with Crippen LogP contribution in [0.5, 0.6) is 0 Å². The molecule has 0 bridgehead atoms. The van der Waals surface area contributed by atoms with Crippen LogP contribution in [0.1, 0.15) is 24.4 Å². The molecular weight excluding hydrogens is 536 g/mol. The fourth-order valence-electron chi connectivity index (χ4n) is 4.58. The quantitative estimate of drug-likeness (QED) is 0.280. The molecule has 3 aromatic carbocycles. The number of likely N-dealkylation sites (N-methyl/N-ethyl adjacent to an activating group) is 2. The minimum Gasteiger partial charge on any atom is -0.365 e. The first-order valence-corrected chi connectivity index (χ1v) is 13.4. The van der Waals surface area contributed by atoms with E-state index in [1.54, 1.807) is 18.2 Å². The van der Waals surface area contributed by atoms with E-state index in [1.165, 1.54) is 12.8 Å². The summed E-state index contributed by atoms with van der Waals surface area (Å²) < 4.78 is 0. The highest BCUT2D eigenvalue weighted by Gasteiger charge is 2.26. The highest BCUT2D eigenvalue weighted by atomic mass is 35.5. The van der Waals surface area contributed by atoms with Crippen LogP contribution >= 0.6 is 46.4 Å². The molecule has 0 aliphatic carbocycles. The number of benzene rings is 3. The molecule has 190 valence electrons. The van der Waals surface area contributed by atoms with Crippen molar-refractivity contribution in [2.75, 3.05) is 45.2 Å². The average Bonchev–Trinajstić information content (AvgIpc) is 3.36. The summed E-state index contributed by atoms with van der Waals surface area (Å²) in [5, 5.41) is 2.16. The SMILES string of the molecule is CN(CC(=O)N(C)C(CN1CCCC1)c1ccc(-c2cc(Cl)cc(Cl)c2)cc1)c1ccc(Cl)c(Cl)c1. The van der Waals surface area contributed by atoms with Crippen LogP contribution in [0.4, 0.5) is 5.69 Å². The average molecular weight is 565 g/mol. The molecule has 1 aliphatic heterocycles. The Morgan fingerprint density at radius 1 is 0.833 bits per heavy atom. The lowest BCUT2D eigenvalue weighted by Crippen LogP contribution is -2.42. The molecule has 0 saturated carbocycles. The third-order valence-electron chi connectivity index (χ3n) is 6.70. The molecule has 4 rings (SSSR count). The second kappa shape index (κ2) is 12.1. The number of nitrogens with zero attached hydrogens (tertiary/aromatic N) is 3. The molecule has 1 unspecified atom stereocenters. The molecule has 0 spiro atoms. The Morgan fingerprint density at radius 2 is 1.47 bits per heavy atom. The Kier molecular flexibility index (Phi) is 9.08. The van der Waals surface area contributed by atoms with Gasteiger partial charge in [-0.2, -0.15) is 0 Å². The predicted octanol–water partition coefficient (Wildman–Crippen LogP) is 7.70. The Morgan fingerprint density at radius 3 is 2.08 bits per heavy atom. The van der Waals surface area contributed by atoms with Gasteiger partial charge in [0.15, 0.2) is 0 Å². The van der Waals surface area contributed by atoms with Crippen LogP contribution in [0.25, 0.3) is 11.1 Å². The molecular formula is C28H29Cl4N3O. The van der Waals surface area contributed by atoms with Crippen LogP contribution in [0.3, 0.4) is 0 Å². The van der Waals surface area contributed by atoms with Gasteiger partial charge in [0.1, 0.15) is 0 Å². The van der Waals surface area contributed by atoms with E-state index in [4.69, 9.17) is 46.4 Å².